The van der Waals surface area contributed by atoms with Crippen molar-refractivity contribution in [1.82, 2.24) is 35.5 Å². The van der Waals surface area contributed by atoms with Crippen molar-refractivity contribution in [3.05, 3.63) is 117 Å². The Morgan fingerprint density at radius 3 is 2.69 bits per heavy atom. The van der Waals surface area contributed by atoms with Crippen molar-refractivity contribution in [1.29, 1.82) is 0 Å². The molecule has 1 aliphatic rings. The standard InChI is InChI=1S/C30H22Cl2F3N9O/c31-20-8-10-23(44-29(30(33,34)35)41-42-43-44)17(14-20)7-11-24(45)38-22(12-16-4-2-1-3-5-16)28-39-25(26(32)40-28)18-6-9-21-19(13-18)15-37-27(21)36/h1-11,13-14,22H,12,15H2,(H2,36,37)(H,38,45)(H,39,40)/b11-7+/t22-/m0/s1. The molecule has 1 atom stereocenters. The summed E-state index contributed by atoms with van der Waals surface area (Å²) >= 11 is 12.7. The molecule has 1 aliphatic heterocycles. The lowest BCUT2D eigenvalue weighted by Crippen LogP contribution is -2.29. The minimum Gasteiger partial charge on any atom is -0.383 e. The summed E-state index contributed by atoms with van der Waals surface area (Å²) in [5.41, 5.74) is 10.1. The second-order valence-corrected chi connectivity index (χ2v) is 10.9. The summed E-state index contributed by atoms with van der Waals surface area (Å²) in [7, 11) is 0. The first-order chi connectivity index (χ1) is 21.6. The topological polar surface area (TPSA) is 140 Å². The van der Waals surface area contributed by atoms with Crippen LogP contribution in [0.25, 0.3) is 23.0 Å². The lowest BCUT2D eigenvalue weighted by molar-refractivity contribution is -0.146. The Balaban J connectivity index is 1.29. The zero-order valence-electron chi connectivity index (χ0n) is 23.1. The van der Waals surface area contributed by atoms with Crippen LogP contribution in [-0.2, 0) is 23.9 Å². The van der Waals surface area contributed by atoms with Crippen LogP contribution < -0.4 is 11.1 Å². The van der Waals surface area contributed by atoms with Gasteiger partial charge in [-0.15, -0.1) is 5.10 Å². The number of tetrazole rings is 1. The summed E-state index contributed by atoms with van der Waals surface area (Å²) in [4.78, 5) is 25.4. The molecule has 0 fully saturated rings. The molecular formula is C30H22Cl2F3N9O. The third-order valence-corrected chi connectivity index (χ3v) is 7.55. The van der Waals surface area contributed by atoms with E-state index in [1.807, 2.05) is 48.5 Å². The molecule has 0 saturated heterocycles. The number of nitrogens with zero attached hydrogens (tertiary/aromatic N) is 6. The maximum atomic E-state index is 13.5. The summed E-state index contributed by atoms with van der Waals surface area (Å²) in [5.74, 6) is -0.984. The molecule has 0 spiro atoms. The van der Waals surface area contributed by atoms with Crippen LogP contribution in [0.5, 0.6) is 0 Å². The molecule has 0 bridgehead atoms. The van der Waals surface area contributed by atoms with E-state index < -0.39 is 23.9 Å². The third kappa shape index (κ3) is 6.44. The van der Waals surface area contributed by atoms with Crippen LogP contribution in [0, 0.1) is 0 Å². The Bertz CT molecular complexity index is 1950. The molecule has 4 N–H and O–H groups in total. The number of aromatic amines is 1. The molecule has 15 heteroatoms. The number of H-pyrrole nitrogens is 1. The van der Waals surface area contributed by atoms with Gasteiger partial charge < -0.3 is 16.0 Å². The fourth-order valence-corrected chi connectivity index (χ4v) is 5.36. The number of amidine groups is 1. The van der Waals surface area contributed by atoms with Gasteiger partial charge in [-0.1, -0.05) is 65.7 Å². The van der Waals surface area contributed by atoms with Gasteiger partial charge in [-0.05, 0) is 58.3 Å². The molecule has 0 saturated carbocycles. The van der Waals surface area contributed by atoms with E-state index in [-0.39, 0.29) is 21.4 Å². The fraction of sp³-hybridized carbons (Fsp3) is 0.133. The number of fused-ring (bicyclic) bond motifs is 1. The minimum atomic E-state index is -4.81. The van der Waals surface area contributed by atoms with Gasteiger partial charge in [-0.3, -0.25) is 9.79 Å². The number of benzene rings is 3. The number of nitrogens with two attached hydrogens (primary N) is 1. The van der Waals surface area contributed by atoms with Crippen LogP contribution in [-0.4, -0.2) is 41.9 Å². The lowest BCUT2D eigenvalue weighted by atomic mass is 10.0. The normalized spacial score (nSPS) is 13.6. The number of carbonyl (C=O) groups excluding carboxylic acids is 1. The van der Waals surface area contributed by atoms with Crippen molar-refractivity contribution >= 4 is 41.0 Å². The second kappa shape index (κ2) is 12.2. The van der Waals surface area contributed by atoms with Crippen LogP contribution in [0.4, 0.5) is 13.2 Å². The summed E-state index contributed by atoms with van der Waals surface area (Å²) < 4.78 is 41.0. The van der Waals surface area contributed by atoms with E-state index in [4.69, 9.17) is 33.9 Å². The number of rotatable bonds is 8. The Hall–Kier alpha value is -5.01. The lowest BCUT2D eigenvalue weighted by Gasteiger charge is -2.16. The van der Waals surface area contributed by atoms with Gasteiger partial charge in [0.2, 0.25) is 5.91 Å². The maximum Gasteiger partial charge on any atom is 0.453 e. The molecule has 0 radical (unpaired) electrons. The number of nitrogens with one attached hydrogen (secondary N) is 2. The highest BCUT2D eigenvalue weighted by Crippen LogP contribution is 2.32. The van der Waals surface area contributed by atoms with Crippen molar-refractivity contribution in [2.45, 2.75) is 25.2 Å². The molecule has 3 aromatic carbocycles. The van der Waals surface area contributed by atoms with Gasteiger partial charge in [0.15, 0.2) is 0 Å². The van der Waals surface area contributed by atoms with Gasteiger partial charge in [-0.25, -0.2) is 4.98 Å². The van der Waals surface area contributed by atoms with Gasteiger partial charge in [0, 0.05) is 27.8 Å². The van der Waals surface area contributed by atoms with E-state index in [0.29, 0.717) is 35.0 Å². The summed E-state index contributed by atoms with van der Waals surface area (Å²) in [6.07, 6.45) is -1.94. The van der Waals surface area contributed by atoms with E-state index in [2.05, 4.69) is 30.8 Å². The molecule has 6 rings (SSSR count). The number of carbonyl (C=O) groups is 1. The highest BCUT2D eigenvalue weighted by Gasteiger charge is 2.38. The number of hydrogen-bond acceptors (Lipinski definition) is 7. The quantitative estimate of drug-likeness (QED) is 0.184. The highest BCUT2D eigenvalue weighted by atomic mass is 35.5. The first-order valence-corrected chi connectivity index (χ1v) is 14.2. The van der Waals surface area contributed by atoms with E-state index in [9.17, 15) is 18.0 Å². The Morgan fingerprint density at radius 1 is 1.11 bits per heavy atom. The number of hydrogen-bond donors (Lipinski definition) is 3. The zero-order chi connectivity index (χ0) is 31.7. The van der Waals surface area contributed by atoms with Gasteiger partial charge in [0.05, 0.1) is 18.3 Å². The minimum absolute atomic E-state index is 0.0226. The van der Waals surface area contributed by atoms with E-state index in [1.54, 1.807) is 0 Å². The Kier molecular flexibility index (Phi) is 8.12. The van der Waals surface area contributed by atoms with Gasteiger partial charge >= 0.3 is 6.18 Å². The van der Waals surface area contributed by atoms with Crippen molar-refractivity contribution in [2.24, 2.45) is 10.7 Å². The van der Waals surface area contributed by atoms with Crippen LogP contribution in [0.3, 0.4) is 0 Å². The Morgan fingerprint density at radius 2 is 1.91 bits per heavy atom. The maximum absolute atomic E-state index is 13.5. The molecule has 0 unspecified atom stereocenters. The van der Waals surface area contributed by atoms with Gasteiger partial charge in [-0.2, -0.15) is 17.9 Å². The third-order valence-electron chi connectivity index (χ3n) is 7.04. The number of aliphatic imine (C=N–C) groups is 1. The van der Waals surface area contributed by atoms with Crippen LogP contribution in [0.2, 0.25) is 10.2 Å². The SMILES string of the molecule is NC1=NCc2cc(-c3nc([C@H](Cc4ccccc4)NC(=O)/C=C/c4cc(Cl)ccc4-n4nnnc4C(F)(F)F)[nH]c3Cl)ccc21. The number of alkyl halides is 3. The average molecular weight is 652 g/mol. The second-order valence-electron chi connectivity index (χ2n) is 10.1. The van der Waals surface area contributed by atoms with E-state index in [0.717, 1.165) is 22.3 Å². The predicted octanol–water partition coefficient (Wildman–Crippen LogP) is 5.71. The van der Waals surface area contributed by atoms with Gasteiger partial charge in [0.25, 0.3) is 5.82 Å². The first-order valence-electron chi connectivity index (χ1n) is 13.4. The van der Waals surface area contributed by atoms with E-state index in [1.165, 1.54) is 30.4 Å². The zero-order valence-corrected chi connectivity index (χ0v) is 24.6. The molecule has 45 heavy (non-hydrogen) atoms. The highest BCUT2D eigenvalue weighted by molar-refractivity contribution is 6.32. The van der Waals surface area contributed by atoms with Crippen LogP contribution in [0.15, 0.2) is 77.8 Å². The number of amides is 1. The molecule has 1 amide bonds. The van der Waals surface area contributed by atoms with Crippen molar-refractivity contribution in [3.8, 4) is 16.9 Å². The van der Waals surface area contributed by atoms with Crippen molar-refractivity contribution in [3.63, 3.8) is 0 Å². The van der Waals surface area contributed by atoms with E-state index >= 15 is 0 Å². The molecule has 3 heterocycles. The smallest absolute Gasteiger partial charge is 0.383 e. The molecule has 2 aromatic heterocycles. The molecular weight excluding hydrogens is 630 g/mol. The number of halogens is 5. The monoisotopic (exact) mass is 651 g/mol. The summed E-state index contributed by atoms with van der Waals surface area (Å²) in [6.45, 7) is 0.461. The number of imidazole rings is 1. The predicted molar refractivity (Wildman–Crippen MR) is 163 cm³/mol. The molecule has 0 aliphatic carbocycles. The molecule has 5 aromatic rings. The van der Waals surface area contributed by atoms with Crippen LogP contribution >= 0.6 is 23.2 Å². The van der Waals surface area contributed by atoms with Crippen molar-refractivity contribution < 1.29 is 18.0 Å². The van der Waals surface area contributed by atoms with Gasteiger partial charge in [0.1, 0.15) is 22.5 Å². The average Bonchev–Trinajstić information content (AvgIpc) is 3.75. The largest absolute Gasteiger partial charge is 0.453 e. The van der Waals surface area contributed by atoms with Crippen molar-refractivity contribution in [2.75, 3.05) is 0 Å². The Labute approximate surface area is 263 Å². The summed E-state index contributed by atoms with van der Waals surface area (Å²) in [6, 6.07) is 18.6. The summed E-state index contributed by atoms with van der Waals surface area (Å²) in [5, 5.41) is 13.2. The first kappa shape index (κ1) is 30.0. The number of aromatic nitrogens is 6. The fourth-order valence-electron chi connectivity index (χ4n) is 4.93. The molecule has 228 valence electrons. The van der Waals surface area contributed by atoms with Crippen LogP contribution in [0.1, 0.15) is 39.9 Å². The molecule has 10 nitrogen and oxygen atoms in total.